The SMILES string of the molecule is C[C@H](NC(=O)c1cc2ccccc2[nH]1)C(=O)NCC1C2C[C@@]2(C)CN1C(=O)c1n[nH]c2ccccc12. The second-order valence-electron chi connectivity index (χ2n) is 10.3. The third kappa shape index (κ3) is 3.71. The van der Waals surface area contributed by atoms with Crippen molar-refractivity contribution in [2.45, 2.75) is 32.4 Å². The first-order valence-corrected chi connectivity index (χ1v) is 12.2. The molecular weight excluding hydrogens is 456 g/mol. The predicted molar refractivity (Wildman–Crippen MR) is 135 cm³/mol. The molecule has 6 rings (SSSR count). The van der Waals surface area contributed by atoms with Crippen LogP contribution in [-0.4, -0.2) is 63.0 Å². The number of carbonyl (C=O) groups excluding carboxylic acids is 3. The van der Waals surface area contributed by atoms with Crippen molar-refractivity contribution >= 4 is 39.5 Å². The van der Waals surface area contributed by atoms with Gasteiger partial charge in [-0.3, -0.25) is 19.5 Å². The zero-order valence-corrected chi connectivity index (χ0v) is 20.2. The van der Waals surface area contributed by atoms with Crippen LogP contribution in [0.5, 0.6) is 0 Å². The van der Waals surface area contributed by atoms with E-state index in [-0.39, 0.29) is 29.2 Å². The molecule has 9 nitrogen and oxygen atoms in total. The van der Waals surface area contributed by atoms with Crippen molar-refractivity contribution in [3.8, 4) is 0 Å². The third-order valence-electron chi connectivity index (χ3n) is 7.75. The Labute approximate surface area is 207 Å². The van der Waals surface area contributed by atoms with Crippen molar-refractivity contribution in [3.05, 3.63) is 66.0 Å². The maximum Gasteiger partial charge on any atom is 0.275 e. The van der Waals surface area contributed by atoms with E-state index in [1.165, 1.54) is 0 Å². The summed E-state index contributed by atoms with van der Waals surface area (Å²) in [4.78, 5) is 43.9. The molecule has 3 heterocycles. The smallest absolute Gasteiger partial charge is 0.275 e. The molecule has 0 bridgehead atoms. The molecule has 36 heavy (non-hydrogen) atoms. The lowest BCUT2D eigenvalue weighted by molar-refractivity contribution is -0.122. The number of aromatic amines is 2. The van der Waals surface area contributed by atoms with Crippen molar-refractivity contribution in [1.82, 2.24) is 30.7 Å². The zero-order valence-electron chi connectivity index (χ0n) is 20.2. The third-order valence-corrected chi connectivity index (χ3v) is 7.75. The van der Waals surface area contributed by atoms with Gasteiger partial charge in [-0.25, -0.2) is 0 Å². The van der Waals surface area contributed by atoms with Crippen LogP contribution < -0.4 is 10.6 Å². The van der Waals surface area contributed by atoms with Crippen molar-refractivity contribution in [2.24, 2.45) is 11.3 Å². The Morgan fingerprint density at radius 3 is 2.69 bits per heavy atom. The van der Waals surface area contributed by atoms with E-state index in [0.717, 1.165) is 28.2 Å². The average molecular weight is 485 g/mol. The number of aromatic nitrogens is 3. The molecule has 184 valence electrons. The van der Waals surface area contributed by atoms with Gasteiger partial charge in [0.15, 0.2) is 5.69 Å². The first kappa shape index (κ1) is 22.3. The molecule has 9 heteroatoms. The molecule has 4 aromatic rings. The van der Waals surface area contributed by atoms with Crippen molar-refractivity contribution < 1.29 is 14.4 Å². The first-order valence-electron chi connectivity index (χ1n) is 12.2. The highest BCUT2D eigenvalue weighted by molar-refractivity contribution is 6.05. The van der Waals surface area contributed by atoms with Crippen LogP contribution in [0.15, 0.2) is 54.6 Å². The monoisotopic (exact) mass is 484 g/mol. The molecule has 2 aromatic heterocycles. The van der Waals surface area contributed by atoms with Gasteiger partial charge in [0.1, 0.15) is 11.7 Å². The van der Waals surface area contributed by atoms with E-state index in [2.05, 4.69) is 32.7 Å². The number of fused-ring (bicyclic) bond motifs is 3. The minimum Gasteiger partial charge on any atom is -0.352 e. The number of para-hydroxylation sites is 2. The van der Waals surface area contributed by atoms with Crippen LogP contribution in [0, 0.1) is 11.3 Å². The topological polar surface area (TPSA) is 123 Å². The molecule has 1 saturated heterocycles. The van der Waals surface area contributed by atoms with Crippen molar-refractivity contribution in [3.63, 3.8) is 0 Å². The Kier molecular flexibility index (Phi) is 5.10. The average Bonchev–Trinajstić information content (AvgIpc) is 3.24. The number of hydrogen-bond acceptors (Lipinski definition) is 4. The van der Waals surface area contributed by atoms with Crippen molar-refractivity contribution in [2.75, 3.05) is 13.1 Å². The lowest BCUT2D eigenvalue weighted by Gasteiger charge is -2.28. The Hall–Kier alpha value is -4.14. The van der Waals surface area contributed by atoms with Crippen LogP contribution in [0.4, 0.5) is 0 Å². The fourth-order valence-corrected chi connectivity index (χ4v) is 5.58. The van der Waals surface area contributed by atoms with Gasteiger partial charge in [-0.05, 0) is 42.9 Å². The quantitative estimate of drug-likeness (QED) is 0.336. The number of nitrogens with one attached hydrogen (secondary N) is 4. The molecule has 2 aromatic carbocycles. The summed E-state index contributed by atoms with van der Waals surface area (Å²) >= 11 is 0. The molecule has 1 saturated carbocycles. The van der Waals surface area contributed by atoms with Crippen LogP contribution in [-0.2, 0) is 4.79 Å². The summed E-state index contributed by atoms with van der Waals surface area (Å²) < 4.78 is 0. The molecule has 3 amide bonds. The van der Waals surface area contributed by atoms with Gasteiger partial charge in [0.25, 0.3) is 11.8 Å². The molecule has 0 radical (unpaired) electrons. The van der Waals surface area contributed by atoms with Gasteiger partial charge >= 0.3 is 0 Å². The first-order chi connectivity index (χ1) is 17.3. The summed E-state index contributed by atoms with van der Waals surface area (Å²) in [6, 6.07) is 16.1. The van der Waals surface area contributed by atoms with E-state index in [9.17, 15) is 14.4 Å². The van der Waals surface area contributed by atoms with E-state index in [1.807, 2.05) is 53.4 Å². The van der Waals surface area contributed by atoms with E-state index in [4.69, 9.17) is 0 Å². The number of piperidine rings is 1. The summed E-state index contributed by atoms with van der Waals surface area (Å²) in [7, 11) is 0. The molecule has 1 aliphatic carbocycles. The fourth-order valence-electron chi connectivity index (χ4n) is 5.58. The van der Waals surface area contributed by atoms with Gasteiger partial charge in [-0.15, -0.1) is 0 Å². The summed E-state index contributed by atoms with van der Waals surface area (Å²) in [5.41, 5.74) is 2.57. The van der Waals surface area contributed by atoms with Gasteiger partial charge in [0.2, 0.25) is 5.91 Å². The highest BCUT2D eigenvalue weighted by atomic mass is 16.2. The molecule has 0 spiro atoms. The number of amides is 3. The van der Waals surface area contributed by atoms with E-state index < -0.39 is 6.04 Å². The predicted octanol–water partition coefficient (Wildman–Crippen LogP) is 2.83. The standard InChI is InChI=1S/C27H28N6O3/c1-15(29-25(35)21-11-16-7-3-5-9-19(16)30-21)24(34)28-13-22-18-12-27(18,2)14-33(22)26(36)23-17-8-4-6-10-20(17)31-32-23/h3-11,15,18,22,30H,12-14H2,1-2H3,(H,28,34)(H,29,35)(H,31,32)/t15-,18?,22?,27-/m0/s1. The molecule has 2 fully saturated rings. The van der Waals surface area contributed by atoms with Gasteiger partial charge in [-0.2, -0.15) is 5.10 Å². The summed E-state index contributed by atoms with van der Waals surface area (Å²) in [5.74, 6) is -0.415. The van der Waals surface area contributed by atoms with Crippen LogP contribution in [0.1, 0.15) is 41.2 Å². The molecule has 1 aliphatic heterocycles. The number of hydrogen-bond donors (Lipinski definition) is 4. The highest BCUT2D eigenvalue weighted by Gasteiger charge is 2.62. The van der Waals surface area contributed by atoms with Gasteiger partial charge in [-0.1, -0.05) is 43.3 Å². The molecule has 2 unspecified atom stereocenters. The van der Waals surface area contributed by atoms with Crippen LogP contribution in [0.2, 0.25) is 0 Å². The Morgan fingerprint density at radius 1 is 1.14 bits per heavy atom. The largest absolute Gasteiger partial charge is 0.352 e. The maximum atomic E-state index is 13.5. The zero-order chi connectivity index (χ0) is 25.0. The maximum absolute atomic E-state index is 13.5. The Morgan fingerprint density at radius 2 is 1.89 bits per heavy atom. The number of carbonyl (C=O) groups is 3. The fraction of sp³-hybridized carbons (Fsp3) is 0.333. The van der Waals surface area contributed by atoms with E-state index in [0.29, 0.717) is 30.4 Å². The lowest BCUT2D eigenvalue weighted by Crippen LogP contribution is -2.50. The number of H-pyrrole nitrogens is 2. The molecule has 2 aliphatic rings. The number of nitrogens with zero attached hydrogens (tertiary/aromatic N) is 2. The molecule has 4 N–H and O–H groups in total. The summed E-state index contributed by atoms with van der Waals surface area (Å²) in [5, 5.41) is 14.7. The minimum atomic E-state index is -0.727. The summed E-state index contributed by atoms with van der Waals surface area (Å²) in [6.45, 7) is 4.82. The highest BCUT2D eigenvalue weighted by Crippen LogP contribution is 2.60. The van der Waals surface area contributed by atoms with E-state index >= 15 is 0 Å². The van der Waals surface area contributed by atoms with Crippen molar-refractivity contribution in [1.29, 1.82) is 0 Å². The van der Waals surface area contributed by atoms with Crippen LogP contribution >= 0.6 is 0 Å². The second-order valence-corrected chi connectivity index (χ2v) is 10.3. The number of benzene rings is 2. The molecular formula is C27H28N6O3. The number of likely N-dealkylation sites (tertiary alicyclic amines) is 1. The summed E-state index contributed by atoms with van der Waals surface area (Å²) in [6.07, 6.45) is 1.03. The minimum absolute atomic E-state index is 0.0760. The number of rotatable bonds is 6. The second kappa shape index (κ2) is 8.22. The van der Waals surface area contributed by atoms with Gasteiger partial charge < -0.3 is 20.5 Å². The lowest BCUT2D eigenvalue weighted by atomic mass is 10.1. The Bertz CT molecular complexity index is 1470. The normalized spacial score (nSPS) is 23.4. The van der Waals surface area contributed by atoms with E-state index in [1.54, 1.807) is 13.0 Å². The van der Waals surface area contributed by atoms with Crippen LogP contribution in [0.25, 0.3) is 21.8 Å². The van der Waals surface area contributed by atoms with Crippen LogP contribution in [0.3, 0.4) is 0 Å². The molecule has 4 atom stereocenters. The van der Waals surface area contributed by atoms with Gasteiger partial charge in [0, 0.05) is 29.4 Å². The van der Waals surface area contributed by atoms with Gasteiger partial charge in [0.05, 0.1) is 11.6 Å². The Balaban J connectivity index is 1.11.